The average molecular weight is 341 g/mol. The van der Waals surface area contributed by atoms with Crippen molar-refractivity contribution in [2.75, 3.05) is 0 Å². The number of pyridine rings is 1. The minimum atomic E-state index is -4.45. The molecule has 3 nitrogen and oxygen atoms in total. The van der Waals surface area contributed by atoms with Gasteiger partial charge in [-0.3, -0.25) is 10.1 Å². The molecule has 22 heavy (non-hydrogen) atoms. The van der Waals surface area contributed by atoms with E-state index in [-0.39, 0.29) is 5.69 Å². The quantitative estimate of drug-likeness (QED) is 0.657. The van der Waals surface area contributed by atoms with Gasteiger partial charge in [-0.25, -0.2) is 0 Å². The highest BCUT2D eigenvalue weighted by atomic mass is 32.1. The lowest BCUT2D eigenvalue weighted by Gasteiger charge is -2.02. The van der Waals surface area contributed by atoms with E-state index in [2.05, 4.69) is 22.7 Å². The molecule has 0 aliphatic rings. The number of H-pyrrole nitrogens is 1. The van der Waals surface area contributed by atoms with Gasteiger partial charge in [-0.15, -0.1) is 24.0 Å². The molecule has 0 radical (unpaired) electrons. The highest BCUT2D eigenvalue weighted by Crippen LogP contribution is 2.36. The summed E-state index contributed by atoms with van der Waals surface area (Å²) >= 11 is 5.98. The van der Waals surface area contributed by atoms with E-state index in [1.165, 1.54) is 0 Å². The molecule has 8 heteroatoms. The normalized spacial score (nSPS) is 11.9. The van der Waals surface area contributed by atoms with Crippen LogP contribution in [0.25, 0.3) is 21.8 Å². The van der Waals surface area contributed by atoms with Crippen LogP contribution in [0.15, 0.2) is 35.4 Å². The van der Waals surface area contributed by atoms with E-state index in [0.29, 0.717) is 5.69 Å². The molecule has 0 aliphatic carbocycles. The van der Waals surface area contributed by atoms with Crippen molar-refractivity contribution in [1.29, 1.82) is 0 Å². The van der Waals surface area contributed by atoms with Gasteiger partial charge in [0, 0.05) is 20.8 Å². The van der Waals surface area contributed by atoms with Crippen molar-refractivity contribution in [1.82, 2.24) is 15.2 Å². The predicted molar refractivity (Wildman–Crippen MR) is 82.1 cm³/mol. The Bertz CT molecular complexity index is 821. The van der Waals surface area contributed by atoms with E-state index in [1.54, 1.807) is 29.7 Å². The Kier molecular flexibility index (Phi) is 3.73. The van der Waals surface area contributed by atoms with Crippen LogP contribution < -0.4 is 0 Å². The van der Waals surface area contributed by atoms with Crippen molar-refractivity contribution in [3.63, 3.8) is 0 Å². The molecule has 3 heterocycles. The van der Waals surface area contributed by atoms with Crippen molar-refractivity contribution in [2.45, 2.75) is 18.0 Å². The number of hydrogen-bond donors (Lipinski definition) is 2. The summed E-state index contributed by atoms with van der Waals surface area (Å²) in [6.45, 7) is 1.97. The van der Waals surface area contributed by atoms with E-state index in [4.69, 9.17) is 0 Å². The lowest BCUT2D eigenvalue weighted by Crippen LogP contribution is -2.04. The number of nitrogens with one attached hydrogen (secondary N) is 1. The number of rotatable bonds is 2. The van der Waals surface area contributed by atoms with E-state index >= 15 is 0 Å². The number of alkyl halides is 3. The summed E-state index contributed by atoms with van der Waals surface area (Å²) in [4.78, 5) is 6.99. The molecule has 0 amide bonds. The standard InChI is InChI=1S/C14H10F3N3S2/c1-7-4-11(21)13(22-7)8-2-3-18-9(5-8)10-6-12(20-19-10)14(15,16)17/h2-6,21H,1H3,(H,19,20). The van der Waals surface area contributed by atoms with E-state index in [9.17, 15) is 13.2 Å². The van der Waals surface area contributed by atoms with Crippen molar-refractivity contribution in [2.24, 2.45) is 0 Å². The topological polar surface area (TPSA) is 41.6 Å². The molecule has 0 spiro atoms. The van der Waals surface area contributed by atoms with E-state index < -0.39 is 11.9 Å². The molecule has 0 aliphatic heterocycles. The van der Waals surface area contributed by atoms with Gasteiger partial charge in [0.2, 0.25) is 0 Å². The lowest BCUT2D eigenvalue weighted by atomic mass is 10.1. The third-order valence-electron chi connectivity index (χ3n) is 3.00. The van der Waals surface area contributed by atoms with Crippen LogP contribution in [0.2, 0.25) is 0 Å². The summed E-state index contributed by atoms with van der Waals surface area (Å²) in [5.41, 5.74) is 0.493. The van der Waals surface area contributed by atoms with Crippen LogP contribution in [0.4, 0.5) is 13.2 Å². The Balaban J connectivity index is 2.01. The number of aromatic amines is 1. The minimum Gasteiger partial charge on any atom is -0.273 e. The highest BCUT2D eigenvalue weighted by Gasteiger charge is 2.33. The highest BCUT2D eigenvalue weighted by molar-refractivity contribution is 7.80. The van der Waals surface area contributed by atoms with Crippen molar-refractivity contribution in [3.8, 4) is 21.8 Å². The molecule has 3 aromatic heterocycles. The second kappa shape index (κ2) is 5.44. The smallest absolute Gasteiger partial charge is 0.273 e. The van der Waals surface area contributed by atoms with Gasteiger partial charge in [0.25, 0.3) is 0 Å². The Labute approximate surface area is 133 Å². The van der Waals surface area contributed by atoms with Gasteiger partial charge in [-0.1, -0.05) is 0 Å². The van der Waals surface area contributed by atoms with Gasteiger partial charge >= 0.3 is 6.18 Å². The van der Waals surface area contributed by atoms with Crippen LogP contribution in [0.3, 0.4) is 0 Å². The maximum absolute atomic E-state index is 12.6. The number of hydrogen-bond acceptors (Lipinski definition) is 4. The Morgan fingerprint density at radius 1 is 1.18 bits per heavy atom. The van der Waals surface area contributed by atoms with Crippen molar-refractivity contribution >= 4 is 24.0 Å². The van der Waals surface area contributed by atoms with Gasteiger partial charge in [-0.05, 0) is 36.8 Å². The molecular formula is C14H10F3N3S2. The molecule has 3 aromatic rings. The summed E-state index contributed by atoms with van der Waals surface area (Å²) < 4.78 is 37.9. The van der Waals surface area contributed by atoms with Gasteiger partial charge in [0.15, 0.2) is 0 Å². The zero-order valence-electron chi connectivity index (χ0n) is 11.3. The first kappa shape index (κ1) is 15.1. The second-order valence-electron chi connectivity index (χ2n) is 4.67. The Hall–Kier alpha value is -1.80. The second-order valence-corrected chi connectivity index (χ2v) is 6.40. The fourth-order valence-corrected chi connectivity index (χ4v) is 3.47. The maximum Gasteiger partial charge on any atom is 0.432 e. The molecule has 0 saturated heterocycles. The fraction of sp³-hybridized carbons (Fsp3) is 0.143. The van der Waals surface area contributed by atoms with Crippen molar-refractivity contribution in [3.05, 3.63) is 41.0 Å². The number of thiophene rings is 1. The van der Waals surface area contributed by atoms with Gasteiger partial charge < -0.3 is 0 Å². The molecule has 114 valence electrons. The Morgan fingerprint density at radius 2 is 1.95 bits per heavy atom. The molecular weight excluding hydrogens is 331 g/mol. The maximum atomic E-state index is 12.6. The zero-order valence-corrected chi connectivity index (χ0v) is 13.0. The zero-order chi connectivity index (χ0) is 15.9. The van der Waals surface area contributed by atoms with Gasteiger partial charge in [-0.2, -0.15) is 18.3 Å². The SMILES string of the molecule is Cc1cc(S)c(-c2ccnc(-c3cc(C(F)(F)F)[nH]n3)c2)s1. The van der Waals surface area contributed by atoms with Crippen LogP contribution >= 0.6 is 24.0 Å². The van der Waals surface area contributed by atoms with Gasteiger partial charge in [0.1, 0.15) is 11.4 Å². The summed E-state index contributed by atoms with van der Waals surface area (Å²) in [6.07, 6.45) is -2.90. The van der Waals surface area contributed by atoms with Crippen LogP contribution in [0.1, 0.15) is 10.6 Å². The van der Waals surface area contributed by atoms with E-state index in [0.717, 1.165) is 26.3 Å². The first-order valence-electron chi connectivity index (χ1n) is 6.23. The fourth-order valence-electron chi connectivity index (χ4n) is 2.02. The van der Waals surface area contributed by atoms with Crippen molar-refractivity contribution < 1.29 is 13.2 Å². The number of nitrogens with zero attached hydrogens (tertiary/aromatic N) is 2. The lowest BCUT2D eigenvalue weighted by molar-refractivity contribution is -0.141. The molecule has 0 fully saturated rings. The minimum absolute atomic E-state index is 0.156. The number of thiol groups is 1. The predicted octanol–water partition coefficient (Wildman–Crippen LogP) is 4.82. The first-order chi connectivity index (χ1) is 10.3. The third-order valence-corrected chi connectivity index (χ3v) is 4.61. The molecule has 0 aromatic carbocycles. The number of aryl methyl sites for hydroxylation is 1. The average Bonchev–Trinajstić information content (AvgIpc) is 3.05. The third kappa shape index (κ3) is 2.89. The summed E-state index contributed by atoms with van der Waals surface area (Å²) in [5.74, 6) is 0. The first-order valence-corrected chi connectivity index (χ1v) is 7.50. The van der Waals surface area contributed by atoms with Crippen LogP contribution in [-0.4, -0.2) is 15.2 Å². The summed E-state index contributed by atoms with van der Waals surface area (Å²) in [5, 5.41) is 5.68. The summed E-state index contributed by atoms with van der Waals surface area (Å²) in [6, 6.07) is 6.40. The Morgan fingerprint density at radius 3 is 2.55 bits per heavy atom. The van der Waals surface area contributed by atoms with Crippen LogP contribution in [0.5, 0.6) is 0 Å². The van der Waals surface area contributed by atoms with Gasteiger partial charge in [0.05, 0.1) is 5.69 Å². The van der Waals surface area contributed by atoms with Crippen LogP contribution in [0, 0.1) is 6.92 Å². The number of aromatic nitrogens is 3. The number of halogens is 3. The molecule has 0 saturated carbocycles. The monoisotopic (exact) mass is 341 g/mol. The largest absolute Gasteiger partial charge is 0.432 e. The molecule has 1 N–H and O–H groups in total. The molecule has 0 unspecified atom stereocenters. The molecule has 3 rings (SSSR count). The summed E-state index contributed by atoms with van der Waals surface area (Å²) in [7, 11) is 0. The molecule has 0 atom stereocenters. The van der Waals surface area contributed by atoms with Crippen LogP contribution in [-0.2, 0) is 6.18 Å². The molecule has 0 bridgehead atoms. The van der Waals surface area contributed by atoms with E-state index in [1.807, 2.05) is 18.1 Å².